The molecule has 110 valence electrons. The Labute approximate surface area is 131 Å². The summed E-state index contributed by atoms with van der Waals surface area (Å²) in [5.74, 6) is 0.214. The summed E-state index contributed by atoms with van der Waals surface area (Å²) in [7, 11) is 0. The third-order valence-electron chi connectivity index (χ3n) is 2.89. The summed E-state index contributed by atoms with van der Waals surface area (Å²) >= 11 is 5.82. The van der Waals surface area contributed by atoms with Crippen LogP contribution in [0.4, 0.5) is 10.1 Å². The maximum Gasteiger partial charge on any atom is 0.181 e. The van der Waals surface area contributed by atoms with Gasteiger partial charge in [-0.25, -0.2) is 4.39 Å². The van der Waals surface area contributed by atoms with Crippen molar-refractivity contribution in [2.45, 2.75) is 0 Å². The number of nitrogens with zero attached hydrogens (tertiary/aromatic N) is 4. The summed E-state index contributed by atoms with van der Waals surface area (Å²) in [5.41, 5.74) is 1.57. The van der Waals surface area contributed by atoms with Gasteiger partial charge in [0.25, 0.3) is 0 Å². The second kappa shape index (κ2) is 6.36. The predicted octanol–water partition coefficient (Wildman–Crippen LogP) is 3.54. The topological polar surface area (TPSA) is 55.6 Å². The largest absolute Gasteiger partial charge is 0.362 e. The Hall–Kier alpha value is -2.73. The molecular weight excluding hydrogens is 305 g/mol. The molecule has 0 unspecified atom stereocenters. The SMILES string of the molecule is Fc1ccc(-n2nnnc2/C=C\Nc2ccc(Cl)cc2)cc1. The zero-order chi connectivity index (χ0) is 15.4. The minimum absolute atomic E-state index is 0.307. The van der Waals surface area contributed by atoms with Crippen molar-refractivity contribution in [1.82, 2.24) is 20.2 Å². The van der Waals surface area contributed by atoms with E-state index in [4.69, 9.17) is 11.6 Å². The predicted molar refractivity (Wildman–Crippen MR) is 83.2 cm³/mol. The second-order valence-electron chi connectivity index (χ2n) is 4.41. The fraction of sp³-hybridized carbons (Fsp3) is 0. The lowest BCUT2D eigenvalue weighted by molar-refractivity contribution is 0.626. The number of tetrazole rings is 1. The van der Waals surface area contributed by atoms with Crippen molar-refractivity contribution in [2.24, 2.45) is 0 Å². The van der Waals surface area contributed by atoms with Gasteiger partial charge < -0.3 is 5.32 Å². The normalized spacial score (nSPS) is 11.0. The lowest BCUT2D eigenvalue weighted by Crippen LogP contribution is -2.00. The van der Waals surface area contributed by atoms with Crippen LogP contribution in [0.2, 0.25) is 5.02 Å². The molecule has 0 fully saturated rings. The molecule has 1 aromatic heterocycles. The van der Waals surface area contributed by atoms with Crippen molar-refractivity contribution in [1.29, 1.82) is 0 Å². The minimum Gasteiger partial charge on any atom is -0.362 e. The highest BCUT2D eigenvalue weighted by Gasteiger charge is 2.05. The molecule has 0 radical (unpaired) electrons. The quantitative estimate of drug-likeness (QED) is 0.800. The second-order valence-corrected chi connectivity index (χ2v) is 4.85. The highest BCUT2D eigenvalue weighted by atomic mass is 35.5. The first kappa shape index (κ1) is 14.2. The maximum atomic E-state index is 13.0. The lowest BCUT2D eigenvalue weighted by Gasteiger charge is -2.02. The Morgan fingerprint density at radius 1 is 1.05 bits per heavy atom. The van der Waals surface area contributed by atoms with Gasteiger partial charge in [-0.15, -0.1) is 5.10 Å². The fourth-order valence-corrected chi connectivity index (χ4v) is 1.95. The monoisotopic (exact) mass is 315 g/mol. The van der Waals surface area contributed by atoms with Crippen LogP contribution in [0, 0.1) is 5.82 Å². The number of rotatable bonds is 4. The molecule has 2 aromatic carbocycles. The molecule has 1 N–H and O–H groups in total. The van der Waals surface area contributed by atoms with Crippen LogP contribution in [0.25, 0.3) is 11.8 Å². The summed E-state index contributed by atoms with van der Waals surface area (Å²) in [5, 5.41) is 15.2. The molecule has 7 heteroatoms. The average molecular weight is 316 g/mol. The molecule has 3 aromatic rings. The van der Waals surface area contributed by atoms with E-state index in [1.54, 1.807) is 36.5 Å². The van der Waals surface area contributed by atoms with Gasteiger partial charge in [0.05, 0.1) is 5.69 Å². The van der Waals surface area contributed by atoms with Gasteiger partial charge in [0.1, 0.15) is 5.82 Å². The van der Waals surface area contributed by atoms with Crippen LogP contribution in [0.1, 0.15) is 5.82 Å². The van der Waals surface area contributed by atoms with Crippen LogP contribution in [0.5, 0.6) is 0 Å². The van der Waals surface area contributed by atoms with Gasteiger partial charge in [-0.2, -0.15) is 4.68 Å². The van der Waals surface area contributed by atoms with Gasteiger partial charge in [0.2, 0.25) is 0 Å². The number of anilines is 1. The molecule has 0 saturated heterocycles. The van der Waals surface area contributed by atoms with Crippen LogP contribution in [0.3, 0.4) is 0 Å². The molecule has 0 aliphatic heterocycles. The van der Waals surface area contributed by atoms with Gasteiger partial charge in [-0.1, -0.05) is 11.6 Å². The van der Waals surface area contributed by atoms with E-state index < -0.39 is 0 Å². The molecule has 22 heavy (non-hydrogen) atoms. The Kier molecular flexibility index (Phi) is 4.11. The molecule has 3 rings (SSSR count). The zero-order valence-corrected chi connectivity index (χ0v) is 12.1. The smallest absolute Gasteiger partial charge is 0.181 e. The van der Waals surface area contributed by atoms with Gasteiger partial charge >= 0.3 is 0 Å². The molecule has 0 bridgehead atoms. The summed E-state index contributed by atoms with van der Waals surface area (Å²) in [6.45, 7) is 0. The summed E-state index contributed by atoms with van der Waals surface area (Å²) < 4.78 is 14.5. The van der Waals surface area contributed by atoms with E-state index in [9.17, 15) is 4.39 Å². The van der Waals surface area contributed by atoms with Crippen molar-refractivity contribution in [3.63, 3.8) is 0 Å². The first-order valence-electron chi connectivity index (χ1n) is 6.45. The Bertz CT molecular complexity index is 780. The Morgan fingerprint density at radius 2 is 1.77 bits per heavy atom. The molecule has 0 aliphatic rings. The highest BCUT2D eigenvalue weighted by Crippen LogP contribution is 2.14. The molecule has 0 spiro atoms. The maximum absolute atomic E-state index is 13.0. The van der Waals surface area contributed by atoms with E-state index in [-0.39, 0.29) is 5.82 Å². The van der Waals surface area contributed by atoms with Crippen LogP contribution in [-0.2, 0) is 0 Å². The highest BCUT2D eigenvalue weighted by molar-refractivity contribution is 6.30. The van der Waals surface area contributed by atoms with E-state index >= 15 is 0 Å². The molecule has 0 aliphatic carbocycles. The molecule has 0 amide bonds. The van der Waals surface area contributed by atoms with Gasteiger partial charge in [-0.05, 0) is 59.0 Å². The number of benzene rings is 2. The van der Waals surface area contributed by atoms with Crippen LogP contribution in [0.15, 0.2) is 54.7 Å². The third kappa shape index (κ3) is 3.29. The van der Waals surface area contributed by atoms with Crippen LogP contribution >= 0.6 is 11.6 Å². The number of nitrogens with one attached hydrogen (secondary N) is 1. The van der Waals surface area contributed by atoms with E-state index in [0.29, 0.717) is 16.5 Å². The average Bonchev–Trinajstić information content (AvgIpc) is 2.98. The Morgan fingerprint density at radius 3 is 2.50 bits per heavy atom. The van der Waals surface area contributed by atoms with E-state index in [1.807, 2.05) is 12.1 Å². The molecule has 0 atom stereocenters. The van der Waals surface area contributed by atoms with Crippen LogP contribution in [-0.4, -0.2) is 20.2 Å². The van der Waals surface area contributed by atoms with Crippen molar-refractivity contribution in [3.8, 4) is 5.69 Å². The molecule has 0 saturated carbocycles. The molecular formula is C15H11ClFN5. The summed E-state index contributed by atoms with van der Waals surface area (Å²) in [6.07, 6.45) is 3.44. The van der Waals surface area contributed by atoms with E-state index in [2.05, 4.69) is 20.8 Å². The summed E-state index contributed by atoms with van der Waals surface area (Å²) in [6, 6.07) is 13.2. The van der Waals surface area contributed by atoms with Crippen molar-refractivity contribution >= 4 is 23.4 Å². The van der Waals surface area contributed by atoms with E-state index in [0.717, 1.165) is 5.69 Å². The van der Waals surface area contributed by atoms with Crippen molar-refractivity contribution in [3.05, 3.63) is 71.4 Å². The van der Waals surface area contributed by atoms with Crippen LogP contribution < -0.4 is 5.32 Å². The van der Waals surface area contributed by atoms with Gasteiger partial charge in [0, 0.05) is 23.0 Å². The summed E-state index contributed by atoms with van der Waals surface area (Å²) in [4.78, 5) is 0. The number of aromatic nitrogens is 4. The van der Waals surface area contributed by atoms with Gasteiger partial charge in [-0.3, -0.25) is 0 Å². The third-order valence-corrected chi connectivity index (χ3v) is 3.14. The van der Waals surface area contributed by atoms with Crippen molar-refractivity contribution in [2.75, 3.05) is 5.32 Å². The first-order valence-corrected chi connectivity index (χ1v) is 6.83. The molecule has 5 nitrogen and oxygen atoms in total. The van der Waals surface area contributed by atoms with E-state index in [1.165, 1.54) is 16.8 Å². The zero-order valence-electron chi connectivity index (χ0n) is 11.3. The fourth-order valence-electron chi connectivity index (χ4n) is 1.82. The van der Waals surface area contributed by atoms with Gasteiger partial charge in [0.15, 0.2) is 5.82 Å². The lowest BCUT2D eigenvalue weighted by atomic mass is 10.3. The number of hydrogen-bond donors (Lipinski definition) is 1. The number of halogens is 2. The Balaban J connectivity index is 1.76. The number of hydrogen-bond acceptors (Lipinski definition) is 4. The minimum atomic E-state index is -0.307. The van der Waals surface area contributed by atoms with Crippen molar-refractivity contribution < 1.29 is 4.39 Å². The standard InChI is InChI=1S/C15H11ClFN5/c16-11-1-5-13(6-2-11)18-10-9-15-19-20-21-22(15)14-7-3-12(17)4-8-14/h1-10,18H/b10-9-. The first-order chi connectivity index (χ1) is 10.7. The molecule has 1 heterocycles.